The second-order valence-electron chi connectivity index (χ2n) is 7.48. The summed E-state index contributed by atoms with van der Waals surface area (Å²) >= 11 is 0. The Labute approximate surface area is 202 Å². The maximum absolute atomic E-state index is 11.9. The number of amides is 1. The number of aliphatic hydroxyl groups is 1. The van der Waals surface area contributed by atoms with Gasteiger partial charge in [0.15, 0.2) is 0 Å². The fraction of sp³-hybridized carbons (Fsp3) is 0.762. The number of aliphatic carboxylic acids is 2. The van der Waals surface area contributed by atoms with Crippen LogP contribution in [0.1, 0.15) is 64.7 Å². The van der Waals surface area contributed by atoms with Crippen molar-refractivity contribution >= 4 is 17.8 Å². The van der Waals surface area contributed by atoms with E-state index in [9.17, 15) is 24.6 Å². The molecule has 1 atom stereocenters. The standard InChI is InChI=1S/C21H38N2O6.Na/c1-2-3-4-5-10-19(25)22-13-16-23(17-18-24,14-8-6-11-20(26)27)15-9-7-12-21(28)29;/h5,10,24H,2-4,6-9,11-18H2,1H3,(H2-,22,25,26,27,28,29);/q;+1/b10-5+;. The van der Waals surface area contributed by atoms with E-state index < -0.39 is 11.9 Å². The molecule has 0 bridgehead atoms. The van der Waals surface area contributed by atoms with Crippen LogP contribution in [-0.4, -0.2) is 71.9 Å². The summed E-state index contributed by atoms with van der Waals surface area (Å²) in [6.07, 6.45) is 8.90. The van der Waals surface area contributed by atoms with Crippen LogP contribution in [0.15, 0.2) is 12.2 Å². The molecule has 0 aliphatic carbocycles. The average molecular weight is 438 g/mol. The van der Waals surface area contributed by atoms with Crippen molar-refractivity contribution in [3.8, 4) is 0 Å². The molecule has 30 heavy (non-hydrogen) atoms. The van der Waals surface area contributed by atoms with Gasteiger partial charge in [-0.3, -0.25) is 9.59 Å². The summed E-state index contributed by atoms with van der Waals surface area (Å²) < 4.78 is 0.531. The quantitative estimate of drug-likeness (QED) is 0.0914. The van der Waals surface area contributed by atoms with Crippen LogP contribution in [0, 0.1) is 0 Å². The van der Waals surface area contributed by atoms with E-state index in [1.165, 1.54) is 0 Å². The second-order valence-corrected chi connectivity index (χ2v) is 7.48. The van der Waals surface area contributed by atoms with Gasteiger partial charge in [0.05, 0.1) is 32.8 Å². The molecule has 0 spiro atoms. The normalized spacial score (nSPS) is 12.9. The Morgan fingerprint density at radius 2 is 1.60 bits per heavy atom. The van der Waals surface area contributed by atoms with Gasteiger partial charge in [0.1, 0.15) is 6.54 Å². The molecule has 0 rings (SSSR count). The van der Waals surface area contributed by atoms with E-state index in [0.717, 1.165) is 19.3 Å². The number of carbonyl (C=O) groups excluding carboxylic acids is 2. The molecule has 9 heteroatoms. The zero-order valence-electron chi connectivity index (χ0n) is 18.7. The Balaban J connectivity index is 0. The first-order chi connectivity index (χ1) is 13.8. The topological polar surface area (TPSA) is 127 Å². The van der Waals surface area contributed by atoms with Crippen LogP contribution >= 0.6 is 0 Å². The third kappa shape index (κ3) is 17.9. The van der Waals surface area contributed by atoms with Gasteiger partial charge >= 0.3 is 35.5 Å². The molecule has 1 amide bonds. The van der Waals surface area contributed by atoms with Gasteiger partial charge in [-0.15, -0.1) is 0 Å². The van der Waals surface area contributed by atoms with E-state index in [-0.39, 0.29) is 54.9 Å². The van der Waals surface area contributed by atoms with E-state index in [2.05, 4.69) is 12.2 Å². The van der Waals surface area contributed by atoms with Gasteiger partial charge in [-0.25, -0.2) is 0 Å². The number of carboxylic acids is 2. The number of hydrogen-bond donors (Lipinski definition) is 3. The Morgan fingerprint density at radius 3 is 2.13 bits per heavy atom. The van der Waals surface area contributed by atoms with Gasteiger partial charge in [-0.05, 0) is 44.6 Å². The molecule has 168 valence electrons. The maximum Gasteiger partial charge on any atom is 1.00 e. The first-order valence-corrected chi connectivity index (χ1v) is 10.7. The fourth-order valence-electron chi connectivity index (χ4n) is 3.31. The monoisotopic (exact) mass is 437 g/mol. The summed E-state index contributed by atoms with van der Waals surface area (Å²) in [7, 11) is 0. The van der Waals surface area contributed by atoms with Crippen molar-refractivity contribution in [2.24, 2.45) is 0 Å². The molecular formula is C21H38N2NaO6+. The van der Waals surface area contributed by atoms with Gasteiger partial charge < -0.3 is 29.9 Å². The number of allylic oxidation sites excluding steroid dienone is 1. The molecule has 0 radical (unpaired) electrons. The van der Waals surface area contributed by atoms with Gasteiger partial charge in [0, 0.05) is 12.4 Å². The second kappa shape index (κ2) is 20.0. The maximum atomic E-state index is 11.9. The van der Waals surface area contributed by atoms with Crippen molar-refractivity contribution < 1.29 is 63.7 Å². The fourth-order valence-corrected chi connectivity index (χ4v) is 3.31. The predicted molar refractivity (Wildman–Crippen MR) is 109 cm³/mol. The Kier molecular flexibility index (Phi) is 20.8. The molecule has 0 aromatic heterocycles. The van der Waals surface area contributed by atoms with Crippen LogP contribution in [0.3, 0.4) is 0 Å². The largest absolute Gasteiger partial charge is 1.00 e. The number of carbonyl (C=O) groups is 3. The van der Waals surface area contributed by atoms with Gasteiger partial charge in [0.25, 0.3) is 0 Å². The van der Waals surface area contributed by atoms with Crippen molar-refractivity contribution in [2.45, 2.75) is 64.7 Å². The summed E-state index contributed by atoms with van der Waals surface area (Å²) in [6.45, 7) is 4.95. The molecule has 0 heterocycles. The SMILES string of the molecule is CCCC/C=C/C(=O)NCC[N+](CCO)(CCCCC(=O)[O-])CCCCC(=O)O.[Na+]. The minimum atomic E-state index is -1.08. The Morgan fingerprint density at radius 1 is 0.967 bits per heavy atom. The Hall–Kier alpha value is -0.930. The number of nitrogens with zero attached hydrogens (tertiary/aromatic N) is 1. The summed E-state index contributed by atoms with van der Waals surface area (Å²) in [5, 5.41) is 31.9. The molecule has 0 aromatic carbocycles. The summed E-state index contributed by atoms with van der Waals surface area (Å²) in [5.41, 5.74) is 0. The van der Waals surface area contributed by atoms with E-state index in [1.807, 2.05) is 6.08 Å². The minimum absolute atomic E-state index is 0. The number of hydrogen-bond acceptors (Lipinski definition) is 5. The van der Waals surface area contributed by atoms with Gasteiger partial charge in [-0.1, -0.05) is 25.8 Å². The molecule has 8 nitrogen and oxygen atoms in total. The summed E-state index contributed by atoms with van der Waals surface area (Å²) in [6, 6.07) is 0. The van der Waals surface area contributed by atoms with Crippen molar-refractivity contribution in [1.82, 2.24) is 5.32 Å². The van der Waals surface area contributed by atoms with Crippen LogP contribution in [0.25, 0.3) is 0 Å². The molecule has 0 aliphatic rings. The number of nitrogens with one attached hydrogen (secondary N) is 1. The number of quaternary nitrogens is 1. The third-order valence-corrected chi connectivity index (χ3v) is 4.99. The van der Waals surface area contributed by atoms with E-state index in [1.54, 1.807) is 6.08 Å². The first-order valence-electron chi connectivity index (χ1n) is 10.7. The van der Waals surface area contributed by atoms with E-state index in [4.69, 9.17) is 5.11 Å². The molecule has 0 saturated heterocycles. The zero-order chi connectivity index (χ0) is 22.0. The number of carboxylic acid groups (broad SMARTS) is 2. The Bertz CT molecular complexity index is 492. The molecule has 0 aromatic rings. The number of aliphatic hydroxyl groups excluding tert-OH is 1. The van der Waals surface area contributed by atoms with Gasteiger partial charge in [0.2, 0.25) is 5.91 Å². The first kappa shape index (κ1) is 31.3. The number of unbranched alkanes of at least 4 members (excludes halogenated alkanes) is 4. The number of rotatable bonds is 19. The van der Waals surface area contributed by atoms with Crippen LogP contribution in [-0.2, 0) is 14.4 Å². The molecule has 0 fully saturated rings. The van der Waals surface area contributed by atoms with Crippen molar-refractivity contribution in [2.75, 3.05) is 39.3 Å². The van der Waals surface area contributed by atoms with Crippen molar-refractivity contribution in [3.05, 3.63) is 12.2 Å². The van der Waals surface area contributed by atoms with Crippen LogP contribution in [0.5, 0.6) is 0 Å². The smallest absolute Gasteiger partial charge is 0.550 e. The molecular weight excluding hydrogens is 399 g/mol. The van der Waals surface area contributed by atoms with E-state index >= 15 is 0 Å². The van der Waals surface area contributed by atoms with Crippen LogP contribution < -0.4 is 40.0 Å². The van der Waals surface area contributed by atoms with Crippen LogP contribution in [0.4, 0.5) is 0 Å². The molecule has 0 saturated carbocycles. The zero-order valence-corrected chi connectivity index (χ0v) is 20.7. The third-order valence-electron chi connectivity index (χ3n) is 4.99. The van der Waals surface area contributed by atoms with E-state index in [0.29, 0.717) is 62.9 Å². The molecule has 0 aliphatic heterocycles. The average Bonchev–Trinajstić information content (AvgIpc) is 2.66. The minimum Gasteiger partial charge on any atom is -0.550 e. The molecule has 3 N–H and O–H groups in total. The molecule has 1 unspecified atom stereocenters. The predicted octanol–water partition coefficient (Wildman–Crippen LogP) is -2.16. The van der Waals surface area contributed by atoms with Crippen LogP contribution in [0.2, 0.25) is 0 Å². The van der Waals surface area contributed by atoms with Crippen molar-refractivity contribution in [1.29, 1.82) is 0 Å². The van der Waals surface area contributed by atoms with Crippen molar-refractivity contribution in [3.63, 3.8) is 0 Å². The summed E-state index contributed by atoms with van der Waals surface area (Å²) in [4.78, 5) is 33.3. The van der Waals surface area contributed by atoms with Gasteiger partial charge in [-0.2, -0.15) is 0 Å². The summed E-state index contributed by atoms with van der Waals surface area (Å²) in [5.74, 6) is -2.05.